The van der Waals surface area contributed by atoms with Crippen molar-refractivity contribution in [2.75, 3.05) is 13.2 Å². The van der Waals surface area contributed by atoms with Gasteiger partial charge < -0.3 is 74.4 Å². The lowest BCUT2D eigenvalue weighted by molar-refractivity contribution is -0.388. The van der Waals surface area contributed by atoms with Crippen LogP contribution in [0.1, 0.15) is 85.0 Å². The van der Waals surface area contributed by atoms with Crippen molar-refractivity contribution < 1.29 is 79.2 Å². The Morgan fingerprint density at radius 1 is 0.709 bits per heavy atom. The number of carbonyl (C=O) groups excluding carboxylic acids is 1. The summed E-state index contributed by atoms with van der Waals surface area (Å²) in [5.74, 6) is 0.366. The number of esters is 1. The molecule has 314 valence electrons. The van der Waals surface area contributed by atoms with Crippen LogP contribution >= 0.6 is 0 Å². The highest BCUT2D eigenvalue weighted by atomic mass is 16.8. The van der Waals surface area contributed by atoms with E-state index in [4.69, 9.17) is 28.4 Å². The zero-order chi connectivity index (χ0) is 39.8. The first kappa shape index (κ1) is 41.8. The lowest BCUT2D eigenvalue weighted by Crippen LogP contribution is -2.67. The number of fused-ring (bicyclic) bond motifs is 3. The summed E-state index contributed by atoms with van der Waals surface area (Å²) in [7, 11) is 0. The van der Waals surface area contributed by atoms with E-state index in [0.29, 0.717) is 18.3 Å². The molecular formula is C39H62O16. The fourth-order valence-corrected chi connectivity index (χ4v) is 12.1. The van der Waals surface area contributed by atoms with Crippen molar-refractivity contribution in [2.24, 2.45) is 34.0 Å². The van der Waals surface area contributed by atoms with Gasteiger partial charge in [0.2, 0.25) is 6.29 Å². The van der Waals surface area contributed by atoms with Crippen LogP contribution in [0, 0.1) is 34.0 Å². The fourth-order valence-electron chi connectivity index (χ4n) is 12.1. The third-order valence-electron chi connectivity index (χ3n) is 15.0. The Labute approximate surface area is 321 Å². The molecule has 2 bridgehead atoms. The second-order valence-electron chi connectivity index (χ2n) is 18.0. The van der Waals surface area contributed by atoms with Crippen LogP contribution in [0.15, 0.2) is 12.2 Å². The number of allylic oxidation sites excluding steroid dienone is 1. The average molecular weight is 787 g/mol. The lowest BCUT2D eigenvalue weighted by atomic mass is 9.41. The predicted molar refractivity (Wildman–Crippen MR) is 188 cm³/mol. The van der Waals surface area contributed by atoms with Gasteiger partial charge in [0.05, 0.1) is 24.7 Å². The molecule has 55 heavy (non-hydrogen) atoms. The van der Waals surface area contributed by atoms with Crippen molar-refractivity contribution in [1.29, 1.82) is 0 Å². The minimum Gasteiger partial charge on any atom is -0.432 e. The fraction of sp³-hybridized carbons (Fsp3) is 0.923. The van der Waals surface area contributed by atoms with Crippen molar-refractivity contribution in [1.82, 2.24) is 0 Å². The molecule has 0 aromatic carbocycles. The molecule has 7 aliphatic rings. The number of hydrogen-bond acceptors (Lipinski definition) is 16. The van der Waals surface area contributed by atoms with Crippen LogP contribution in [-0.4, -0.2) is 157 Å². The Hall–Kier alpha value is -1.35. The average Bonchev–Trinajstić information content (AvgIpc) is 3.39. The van der Waals surface area contributed by atoms with Gasteiger partial charge in [-0.15, -0.1) is 0 Å². The van der Waals surface area contributed by atoms with Gasteiger partial charge in [-0.25, -0.2) is 0 Å². The van der Waals surface area contributed by atoms with Crippen LogP contribution in [0.25, 0.3) is 0 Å². The SMILES string of the molecule is C=C1C[C@@]23CC[C@H]4[C@@](C)(CCC[C@@]4(C)C(=O)O[C@@H]4O[C@H](CO)[C@@H](O)[C@H](O[C@@H]5O[C@H](CO)[C@@H](O)[C@H](O)[C@H]5O)[C@H]4O[C@@H]4O[C@H](CC)[C@@H](O)[C@H](O)[C@H]4O)[C@@H]2CC[C@@H]1C3. The molecule has 21 atom stereocenters. The highest BCUT2D eigenvalue weighted by Gasteiger charge is 2.66. The van der Waals surface area contributed by atoms with E-state index in [1.54, 1.807) is 6.92 Å². The number of rotatable bonds is 9. The largest absolute Gasteiger partial charge is 0.432 e. The molecule has 7 fully saturated rings. The van der Waals surface area contributed by atoms with E-state index in [2.05, 4.69) is 13.5 Å². The van der Waals surface area contributed by atoms with Gasteiger partial charge in [0.1, 0.15) is 61.0 Å². The van der Waals surface area contributed by atoms with Crippen LogP contribution in [0.2, 0.25) is 0 Å². The number of aliphatic hydroxyl groups is 9. The Bertz CT molecular complexity index is 1400. The van der Waals surface area contributed by atoms with E-state index >= 15 is 0 Å². The Kier molecular flexibility index (Phi) is 11.9. The van der Waals surface area contributed by atoms with Gasteiger partial charge in [-0.2, -0.15) is 0 Å². The maximum absolute atomic E-state index is 14.8. The molecule has 0 amide bonds. The third kappa shape index (κ3) is 6.93. The molecule has 16 nitrogen and oxygen atoms in total. The molecule has 3 saturated heterocycles. The molecule has 0 aromatic heterocycles. The highest BCUT2D eigenvalue weighted by Crippen LogP contribution is 2.72. The Morgan fingerprint density at radius 2 is 1.29 bits per heavy atom. The first-order valence-electron chi connectivity index (χ1n) is 20.2. The Morgan fingerprint density at radius 3 is 1.93 bits per heavy atom. The summed E-state index contributed by atoms with van der Waals surface area (Å²) < 4.78 is 35.9. The minimum atomic E-state index is -1.90. The molecular weight excluding hydrogens is 724 g/mol. The predicted octanol–water partition coefficient (Wildman–Crippen LogP) is -0.635. The summed E-state index contributed by atoms with van der Waals surface area (Å²) >= 11 is 0. The van der Waals surface area contributed by atoms with E-state index < -0.39 is 117 Å². The standard InChI is InChI=1S/C39H62O16/c1-5-19-24(42)27(45)29(47)33(50-19)54-32-31(53-34-30(48)28(46)25(43)20(15-40)51-34)26(44)21(16-41)52-35(32)55-36(49)38(4)11-6-10-37(3)22(38)9-12-39-13-17(2)18(14-39)7-8-23(37)39/h18-35,40-48H,2,5-16H2,1,3-4H3/t18-,19-,20-,21-,22+,23+,24-,25-,26-,27+,28+,29-,30-,31+,32-,33+,34+,35+,37-,38-,39-/m1/s1. The third-order valence-corrected chi connectivity index (χ3v) is 15.0. The van der Waals surface area contributed by atoms with E-state index in [1.807, 2.05) is 6.92 Å². The van der Waals surface area contributed by atoms with E-state index in [-0.39, 0.29) is 23.2 Å². The maximum Gasteiger partial charge on any atom is 0.314 e. The molecule has 0 aromatic rings. The minimum absolute atomic E-state index is 0.0314. The summed E-state index contributed by atoms with van der Waals surface area (Å²) in [5.41, 5.74) is 0.423. The van der Waals surface area contributed by atoms with Gasteiger partial charge in [-0.1, -0.05) is 32.4 Å². The van der Waals surface area contributed by atoms with Crippen molar-refractivity contribution >= 4 is 5.97 Å². The van der Waals surface area contributed by atoms with Gasteiger partial charge in [-0.05, 0) is 93.3 Å². The van der Waals surface area contributed by atoms with Crippen molar-refractivity contribution in [3.8, 4) is 0 Å². The molecule has 16 heteroatoms. The normalized spacial score (nSPS) is 54.0. The van der Waals surface area contributed by atoms with Crippen LogP contribution in [0.4, 0.5) is 0 Å². The molecule has 4 saturated carbocycles. The number of carbonyl (C=O) groups is 1. The zero-order valence-corrected chi connectivity index (χ0v) is 32.0. The van der Waals surface area contributed by atoms with Gasteiger partial charge in [-0.3, -0.25) is 4.79 Å². The second-order valence-corrected chi connectivity index (χ2v) is 18.0. The van der Waals surface area contributed by atoms with Crippen molar-refractivity contribution in [3.05, 3.63) is 12.2 Å². The van der Waals surface area contributed by atoms with Crippen molar-refractivity contribution in [3.63, 3.8) is 0 Å². The van der Waals surface area contributed by atoms with Crippen LogP contribution in [0.5, 0.6) is 0 Å². The molecule has 3 heterocycles. The summed E-state index contributed by atoms with van der Waals surface area (Å²) in [4.78, 5) is 14.8. The van der Waals surface area contributed by atoms with E-state index in [0.717, 1.165) is 51.4 Å². The first-order chi connectivity index (χ1) is 26.0. The van der Waals surface area contributed by atoms with Gasteiger partial charge in [0, 0.05) is 0 Å². The van der Waals surface area contributed by atoms with Crippen molar-refractivity contribution in [2.45, 2.75) is 177 Å². The van der Waals surface area contributed by atoms with Gasteiger partial charge >= 0.3 is 5.97 Å². The van der Waals surface area contributed by atoms with Crippen LogP contribution < -0.4 is 0 Å². The molecule has 0 radical (unpaired) electrons. The summed E-state index contributed by atoms with van der Waals surface area (Å²) in [5, 5.41) is 95.7. The zero-order valence-electron chi connectivity index (χ0n) is 32.0. The first-order valence-corrected chi connectivity index (χ1v) is 20.2. The molecule has 0 unspecified atom stereocenters. The molecule has 3 aliphatic heterocycles. The quantitative estimate of drug-likeness (QED) is 0.104. The van der Waals surface area contributed by atoms with Gasteiger partial charge in [0.15, 0.2) is 18.7 Å². The Balaban J connectivity index is 1.20. The van der Waals surface area contributed by atoms with E-state index in [1.165, 1.54) is 5.57 Å². The molecule has 4 aliphatic carbocycles. The molecule has 7 rings (SSSR count). The topological polar surface area (TPSA) is 255 Å². The monoisotopic (exact) mass is 786 g/mol. The molecule has 9 N–H and O–H groups in total. The highest BCUT2D eigenvalue weighted by molar-refractivity contribution is 5.77. The number of hydrogen-bond donors (Lipinski definition) is 9. The summed E-state index contributed by atoms with van der Waals surface area (Å²) in [6.07, 6.45) is -15.9. The number of aliphatic hydroxyl groups excluding tert-OH is 9. The van der Waals surface area contributed by atoms with Crippen LogP contribution in [-0.2, 0) is 33.2 Å². The maximum atomic E-state index is 14.8. The van der Waals surface area contributed by atoms with Crippen LogP contribution in [0.3, 0.4) is 0 Å². The second kappa shape index (κ2) is 15.7. The number of ether oxygens (including phenoxy) is 6. The van der Waals surface area contributed by atoms with E-state index in [9.17, 15) is 50.8 Å². The smallest absolute Gasteiger partial charge is 0.314 e. The van der Waals surface area contributed by atoms with Gasteiger partial charge in [0.25, 0.3) is 0 Å². The molecule has 1 spiro atoms. The summed E-state index contributed by atoms with van der Waals surface area (Å²) in [6, 6.07) is 0. The summed E-state index contributed by atoms with van der Waals surface area (Å²) in [6.45, 7) is 8.81. The lowest BCUT2D eigenvalue weighted by Gasteiger charge is -2.63.